The van der Waals surface area contributed by atoms with Crippen molar-refractivity contribution in [3.63, 3.8) is 0 Å². The second-order valence-electron chi connectivity index (χ2n) is 7.48. The number of hydrogen-bond acceptors (Lipinski definition) is 3. The second kappa shape index (κ2) is 8.10. The van der Waals surface area contributed by atoms with Crippen molar-refractivity contribution in [1.82, 2.24) is 25.1 Å². The van der Waals surface area contributed by atoms with Crippen LogP contribution in [-0.4, -0.2) is 25.7 Å². The third-order valence-corrected chi connectivity index (χ3v) is 5.54. The van der Waals surface area contributed by atoms with Crippen molar-refractivity contribution in [3.8, 4) is 5.69 Å². The molecule has 2 atom stereocenters. The number of fused-ring (bicyclic) bond motifs is 1. The van der Waals surface area contributed by atoms with Gasteiger partial charge in [0.2, 0.25) is 0 Å². The quantitative estimate of drug-likeness (QED) is 0.488. The molecule has 0 spiro atoms. The third-order valence-electron chi connectivity index (χ3n) is 5.54. The highest BCUT2D eigenvalue weighted by molar-refractivity contribution is 5.95. The number of aromatic amines is 1. The molecular formula is C23H24FN5O. The number of H-pyrrole nitrogens is 1. The first-order valence-corrected chi connectivity index (χ1v) is 10.0. The van der Waals surface area contributed by atoms with Gasteiger partial charge in [-0.2, -0.15) is 5.10 Å². The van der Waals surface area contributed by atoms with E-state index in [-0.39, 0.29) is 17.9 Å². The monoisotopic (exact) mass is 405 g/mol. The number of hydrogen-bond donors (Lipinski definition) is 2. The summed E-state index contributed by atoms with van der Waals surface area (Å²) >= 11 is 0. The van der Waals surface area contributed by atoms with Gasteiger partial charge in [0.1, 0.15) is 17.3 Å². The lowest BCUT2D eigenvalue weighted by molar-refractivity contribution is 0.0919. The summed E-state index contributed by atoms with van der Waals surface area (Å²) in [6.07, 6.45) is 2.35. The normalized spacial score (nSPS) is 13.3. The Morgan fingerprint density at radius 1 is 1.20 bits per heavy atom. The summed E-state index contributed by atoms with van der Waals surface area (Å²) in [6.45, 7) is 5.91. The Hall–Kier alpha value is -3.48. The van der Waals surface area contributed by atoms with Crippen molar-refractivity contribution < 1.29 is 9.18 Å². The maximum atomic E-state index is 14.2. The van der Waals surface area contributed by atoms with Gasteiger partial charge in [0.15, 0.2) is 0 Å². The molecule has 154 valence electrons. The summed E-state index contributed by atoms with van der Waals surface area (Å²) in [7, 11) is 0. The lowest BCUT2D eigenvalue weighted by atomic mass is 9.98. The molecule has 6 nitrogen and oxygen atoms in total. The number of imidazole rings is 1. The van der Waals surface area contributed by atoms with Gasteiger partial charge in [-0.05, 0) is 37.1 Å². The van der Waals surface area contributed by atoms with Gasteiger partial charge in [-0.15, -0.1) is 0 Å². The molecule has 4 rings (SSSR count). The van der Waals surface area contributed by atoms with Crippen molar-refractivity contribution in [3.05, 3.63) is 77.6 Å². The molecule has 4 aromatic rings. The maximum absolute atomic E-state index is 14.2. The maximum Gasteiger partial charge on any atom is 0.255 e. The molecular weight excluding hydrogens is 381 g/mol. The molecule has 0 aliphatic rings. The Morgan fingerprint density at radius 3 is 2.67 bits per heavy atom. The van der Waals surface area contributed by atoms with E-state index in [2.05, 4.69) is 34.2 Å². The van der Waals surface area contributed by atoms with Crippen LogP contribution in [0.15, 0.2) is 54.7 Å². The van der Waals surface area contributed by atoms with Crippen LogP contribution in [0.25, 0.3) is 16.7 Å². The Kier molecular flexibility index (Phi) is 5.35. The number of nitrogens with one attached hydrogen (secondary N) is 2. The Bertz CT molecular complexity index is 1160. The molecule has 2 heterocycles. The zero-order valence-electron chi connectivity index (χ0n) is 17.2. The van der Waals surface area contributed by atoms with Crippen LogP contribution >= 0.6 is 0 Å². The molecule has 7 heteroatoms. The molecule has 0 fully saturated rings. The largest absolute Gasteiger partial charge is 0.342 e. The molecule has 2 aromatic heterocycles. The number of carbonyl (C=O) groups is 1. The predicted octanol–water partition coefficient (Wildman–Crippen LogP) is 4.71. The van der Waals surface area contributed by atoms with E-state index in [0.29, 0.717) is 16.9 Å². The first kappa shape index (κ1) is 19.8. The van der Waals surface area contributed by atoms with Crippen LogP contribution in [0.1, 0.15) is 48.2 Å². The predicted molar refractivity (Wildman–Crippen MR) is 114 cm³/mol. The van der Waals surface area contributed by atoms with Crippen molar-refractivity contribution in [2.24, 2.45) is 5.92 Å². The topological polar surface area (TPSA) is 75.6 Å². The minimum absolute atomic E-state index is 0.163. The molecule has 2 N–H and O–H groups in total. The molecule has 0 aliphatic heterocycles. The van der Waals surface area contributed by atoms with E-state index >= 15 is 0 Å². The number of aromatic nitrogens is 4. The highest BCUT2D eigenvalue weighted by Gasteiger charge is 2.26. The molecule has 2 unspecified atom stereocenters. The summed E-state index contributed by atoms with van der Waals surface area (Å²) in [5.74, 6) is 0.228. The summed E-state index contributed by atoms with van der Waals surface area (Å²) in [5.41, 5.74) is 3.08. The minimum Gasteiger partial charge on any atom is -0.342 e. The minimum atomic E-state index is -0.393. The average Bonchev–Trinajstić information content (AvgIpc) is 3.35. The van der Waals surface area contributed by atoms with E-state index in [9.17, 15) is 9.18 Å². The van der Waals surface area contributed by atoms with Gasteiger partial charge < -0.3 is 10.3 Å². The lowest BCUT2D eigenvalue weighted by Crippen LogP contribution is -2.33. The van der Waals surface area contributed by atoms with Crippen molar-refractivity contribution in [2.45, 2.75) is 33.2 Å². The van der Waals surface area contributed by atoms with Gasteiger partial charge in [0.25, 0.3) is 5.91 Å². The number of amides is 1. The van der Waals surface area contributed by atoms with Crippen LogP contribution in [0.4, 0.5) is 4.39 Å². The van der Waals surface area contributed by atoms with E-state index in [1.807, 2.05) is 24.3 Å². The SMILES string of the molecule is CCC(C)C(NC(=O)c1cnn(-c2ccccc2F)c1C)c1nc2ccccc2[nH]1. The van der Waals surface area contributed by atoms with Gasteiger partial charge in [-0.3, -0.25) is 4.79 Å². The third kappa shape index (κ3) is 3.58. The van der Waals surface area contributed by atoms with Crippen molar-refractivity contribution in [2.75, 3.05) is 0 Å². The van der Waals surface area contributed by atoms with Gasteiger partial charge in [-0.1, -0.05) is 44.5 Å². The second-order valence-corrected chi connectivity index (χ2v) is 7.48. The van der Waals surface area contributed by atoms with Crippen molar-refractivity contribution >= 4 is 16.9 Å². The van der Waals surface area contributed by atoms with E-state index in [4.69, 9.17) is 0 Å². The van der Waals surface area contributed by atoms with Gasteiger partial charge >= 0.3 is 0 Å². The smallest absolute Gasteiger partial charge is 0.255 e. The fourth-order valence-electron chi connectivity index (χ4n) is 3.55. The fraction of sp³-hybridized carbons (Fsp3) is 0.261. The highest BCUT2D eigenvalue weighted by atomic mass is 19.1. The summed E-state index contributed by atoms with van der Waals surface area (Å²) in [4.78, 5) is 21.1. The number of nitrogens with zero attached hydrogens (tertiary/aromatic N) is 3. The lowest BCUT2D eigenvalue weighted by Gasteiger charge is -2.22. The Balaban J connectivity index is 1.64. The van der Waals surface area contributed by atoms with Gasteiger partial charge in [0, 0.05) is 0 Å². The summed E-state index contributed by atoms with van der Waals surface area (Å²) < 4.78 is 15.6. The molecule has 2 aromatic carbocycles. The van der Waals surface area contributed by atoms with Gasteiger partial charge in [0.05, 0.1) is 34.5 Å². The molecule has 0 saturated heterocycles. The van der Waals surface area contributed by atoms with E-state index in [1.54, 1.807) is 25.1 Å². The number of rotatable bonds is 6. The van der Waals surface area contributed by atoms with Crippen LogP contribution in [-0.2, 0) is 0 Å². The van der Waals surface area contributed by atoms with Gasteiger partial charge in [-0.25, -0.2) is 14.1 Å². The number of carbonyl (C=O) groups excluding carboxylic acids is 1. The Labute approximate surface area is 174 Å². The number of benzene rings is 2. The molecule has 0 saturated carbocycles. The van der Waals surface area contributed by atoms with Crippen LogP contribution in [0.2, 0.25) is 0 Å². The Morgan fingerprint density at radius 2 is 1.93 bits per heavy atom. The van der Waals surface area contributed by atoms with E-state index in [1.165, 1.54) is 16.9 Å². The number of halogens is 1. The number of para-hydroxylation sites is 3. The first-order chi connectivity index (χ1) is 14.5. The van der Waals surface area contributed by atoms with Crippen LogP contribution in [0.5, 0.6) is 0 Å². The standard InChI is InChI=1S/C23H24FN5O/c1-4-14(2)21(22-26-18-10-6-7-11-19(18)27-22)28-23(30)16-13-25-29(15(16)3)20-12-8-5-9-17(20)24/h5-14,21H,4H2,1-3H3,(H,26,27)(H,28,30). The summed E-state index contributed by atoms with van der Waals surface area (Å²) in [6, 6.07) is 13.9. The first-order valence-electron chi connectivity index (χ1n) is 10.0. The molecule has 0 radical (unpaired) electrons. The highest BCUT2D eigenvalue weighted by Crippen LogP contribution is 2.26. The molecule has 0 aliphatic carbocycles. The zero-order chi connectivity index (χ0) is 21.3. The van der Waals surface area contributed by atoms with Crippen LogP contribution in [0, 0.1) is 18.7 Å². The average molecular weight is 405 g/mol. The fourth-order valence-corrected chi connectivity index (χ4v) is 3.55. The van der Waals surface area contributed by atoms with Crippen LogP contribution in [0.3, 0.4) is 0 Å². The summed E-state index contributed by atoms with van der Waals surface area (Å²) in [5, 5.41) is 7.34. The van der Waals surface area contributed by atoms with Crippen molar-refractivity contribution in [1.29, 1.82) is 0 Å². The molecule has 0 bridgehead atoms. The molecule has 1 amide bonds. The zero-order valence-corrected chi connectivity index (χ0v) is 17.2. The van der Waals surface area contributed by atoms with E-state index in [0.717, 1.165) is 23.3 Å². The van der Waals surface area contributed by atoms with Crippen LogP contribution < -0.4 is 5.32 Å². The molecule has 30 heavy (non-hydrogen) atoms. The van der Waals surface area contributed by atoms with E-state index < -0.39 is 5.82 Å².